The van der Waals surface area contributed by atoms with Crippen LogP contribution in [0.15, 0.2) is 140 Å². The molecule has 7 rings (SSSR count). The Balaban J connectivity index is 1.07. The van der Waals surface area contributed by atoms with Crippen LogP contribution in [0.25, 0.3) is 22.3 Å². The fourth-order valence-electron chi connectivity index (χ4n) is 14.8. The number of nitrogens with zero attached hydrogens (tertiary/aromatic N) is 4. The van der Waals surface area contributed by atoms with Crippen molar-refractivity contribution in [1.82, 2.24) is 72.8 Å². The average Bonchev–Trinajstić information content (AvgIpc) is 1.82. The second-order valence-electron chi connectivity index (χ2n) is 32.9. The smallest absolute Gasteiger partial charge is 0.303 e. The Labute approximate surface area is 754 Å². The number of unbranched alkanes of at least 4 members (excludes halogenated alkanes) is 1. The molecule has 0 saturated carbocycles. The highest BCUT2D eigenvalue weighted by molar-refractivity contribution is 8.00. The number of likely N-dealkylation sites (tertiary alicyclic amines) is 2. The van der Waals surface area contributed by atoms with Gasteiger partial charge in [0.2, 0.25) is 94.5 Å². The maximum atomic E-state index is 15.1. The molecule has 5 aromatic rings. The van der Waals surface area contributed by atoms with Gasteiger partial charge in [-0.05, 0) is 137 Å². The molecule has 2 aliphatic rings. The Morgan fingerprint density at radius 2 is 0.922 bits per heavy atom. The summed E-state index contributed by atoms with van der Waals surface area (Å²) in [6, 6.07) is 23.7. The van der Waals surface area contributed by atoms with Crippen molar-refractivity contribution in [3.63, 3.8) is 0 Å². The number of carboxylic acid groups (broad SMARTS) is 1. The molecule has 38 heteroatoms. The molecule has 0 radical (unpaired) electrons. The van der Waals surface area contributed by atoms with Crippen molar-refractivity contribution < 1.29 is 96.8 Å². The molecule has 0 aliphatic carbocycles. The SMILES string of the molecule is CC(C)[C@H](NC(=O)[C@H](Cc1ccccc1)NC(=O)CSC[C@H](NC(=O)[C@@H]1CCCN1C(=O)[C@H](C)NC(=O)[C@H](CCC(=O)O)NC(=O)[C@H](C)N(C)C(=O)[C@H](Cc1ccc(-c2ccccc2)cc1)NC(=O)[C@H](C)N(C)C(=O)[C@H](Cc1ccc(-c2ccccc2)cc1)NC(=O)[C@@H](NC(=O)C[C@@H](C)O)[C@@H](C)O)C(=O)NCC(=O)N[C@@H](CCCCN)C(N)=O)C(=O)N1CCC[C@H]1C(N)=O. The van der Waals surface area contributed by atoms with Crippen molar-refractivity contribution in [1.29, 1.82) is 0 Å². The Hall–Kier alpha value is -12.7. The van der Waals surface area contributed by atoms with Crippen molar-refractivity contribution >= 4 is 112 Å². The molecule has 2 heterocycles. The van der Waals surface area contributed by atoms with E-state index in [0.717, 1.165) is 48.7 Å². The van der Waals surface area contributed by atoms with Gasteiger partial charge < -0.3 is 105 Å². The molecule has 698 valence electrons. The lowest BCUT2D eigenvalue weighted by Gasteiger charge is -2.33. The minimum Gasteiger partial charge on any atom is -0.481 e. The molecule has 129 heavy (non-hydrogen) atoms. The van der Waals surface area contributed by atoms with Crippen LogP contribution < -0.4 is 70.4 Å². The minimum absolute atomic E-state index is 0.0149. The van der Waals surface area contributed by atoms with Crippen LogP contribution in [0.2, 0.25) is 0 Å². The van der Waals surface area contributed by atoms with Crippen LogP contribution in [0.4, 0.5) is 0 Å². The Morgan fingerprint density at radius 1 is 0.457 bits per heavy atom. The van der Waals surface area contributed by atoms with Gasteiger partial charge in [-0.3, -0.25) is 81.5 Å². The summed E-state index contributed by atoms with van der Waals surface area (Å²) in [4.78, 5) is 241. The molecule has 5 aromatic carbocycles. The van der Waals surface area contributed by atoms with Gasteiger partial charge in [0.1, 0.15) is 78.5 Å². The van der Waals surface area contributed by atoms with E-state index in [0.29, 0.717) is 48.9 Å². The molecule has 0 spiro atoms. The van der Waals surface area contributed by atoms with Crippen LogP contribution in [0.3, 0.4) is 0 Å². The summed E-state index contributed by atoms with van der Waals surface area (Å²) < 4.78 is 0. The minimum atomic E-state index is -1.70. The van der Waals surface area contributed by atoms with Crippen molar-refractivity contribution in [2.45, 2.75) is 223 Å². The topological polar surface area (TPSA) is 562 Å². The zero-order chi connectivity index (χ0) is 94.9. The van der Waals surface area contributed by atoms with Gasteiger partial charge in [0.25, 0.3) is 0 Å². The number of primary amides is 2. The van der Waals surface area contributed by atoms with E-state index >= 15 is 4.79 Å². The van der Waals surface area contributed by atoms with E-state index < -0.39 is 229 Å². The van der Waals surface area contributed by atoms with Crippen LogP contribution in [-0.2, 0) is 101 Å². The van der Waals surface area contributed by atoms with Crippen molar-refractivity contribution in [3.8, 4) is 22.3 Å². The largest absolute Gasteiger partial charge is 0.481 e. The van der Waals surface area contributed by atoms with E-state index in [9.17, 15) is 92.0 Å². The van der Waals surface area contributed by atoms with Crippen molar-refractivity contribution in [3.05, 3.63) is 156 Å². The van der Waals surface area contributed by atoms with E-state index in [2.05, 4.69) is 53.2 Å². The van der Waals surface area contributed by atoms with Gasteiger partial charge in [-0.25, -0.2) is 0 Å². The molecule has 37 nitrogen and oxygen atoms in total. The second kappa shape index (κ2) is 50.8. The van der Waals surface area contributed by atoms with Crippen LogP contribution in [0.5, 0.6) is 0 Å². The lowest BCUT2D eigenvalue weighted by atomic mass is 9.99. The molecule has 2 aliphatic heterocycles. The molecule has 2 saturated heterocycles. The quantitative estimate of drug-likeness (QED) is 0.0223. The fraction of sp³-hybridized carbons (Fsp3) is 0.484. The van der Waals surface area contributed by atoms with E-state index in [1.165, 1.54) is 53.6 Å². The number of hydrogen-bond donors (Lipinski definition) is 16. The zero-order valence-corrected chi connectivity index (χ0v) is 75.0. The van der Waals surface area contributed by atoms with Gasteiger partial charge in [0, 0.05) is 58.6 Å². The number of rotatable bonds is 49. The van der Waals surface area contributed by atoms with Gasteiger partial charge in [0.05, 0.1) is 30.9 Å². The molecule has 0 unspecified atom stereocenters. The van der Waals surface area contributed by atoms with E-state index in [-0.39, 0.29) is 57.4 Å². The molecular formula is C91H123N17O20S. The second-order valence-corrected chi connectivity index (χ2v) is 33.9. The standard InChI is InChI=1S/C91H123N17O20S/c1-52(2)77(91(128)107-43-21-30-71(107)80(94)117)104-85(122)67(46-58-23-13-10-14-24-58)98-75(113)51-129-50-70(83(120)95-49-74(112)97-65(79(93)116)29-19-20-42-92)102-86(123)72-31-22-44-108(72)88(125)54(4)96-84(121)66(40-41-76(114)115)99-81(118)55(5)105(8)89(126)68(47-59-32-36-63(37-33-59)61-25-15-11-16-26-61)100-82(119)56(6)106(9)90(127)69(101-87(124)78(57(7)110)103-73(111)45-53(3)109)48-60-34-38-64(39-35-60)62-27-17-12-18-28-62/h10-18,23-28,32-39,52-57,65-72,77-78,109-110H,19-22,29-31,40-51,92H2,1-9H3,(H2,93,116)(H2,94,117)(H,95,120)(H,96,121)(H,97,112)(H,98,113)(H,99,118)(H,100,119)(H,101,124)(H,102,123)(H,103,111)(H,104,122)(H,114,115)/t53-,54+,55+,56+,57-,65+,66+,67+,68+,69+,70+,71+,72+,77+,78+/m1/s1. The maximum absolute atomic E-state index is 15.1. The molecule has 19 N–H and O–H groups in total. The molecule has 0 bridgehead atoms. The first-order chi connectivity index (χ1) is 61.3. The average molecular weight is 1810 g/mol. The van der Waals surface area contributed by atoms with Crippen LogP contribution in [-0.4, -0.2) is 278 Å². The summed E-state index contributed by atoms with van der Waals surface area (Å²) in [5.74, 6) is -16.1. The third-order valence-corrected chi connectivity index (χ3v) is 23.5. The summed E-state index contributed by atoms with van der Waals surface area (Å²) in [7, 11) is 2.54. The predicted octanol–water partition coefficient (Wildman–Crippen LogP) is -0.271. The van der Waals surface area contributed by atoms with Crippen LogP contribution >= 0.6 is 11.8 Å². The number of nitrogens with one attached hydrogen (secondary N) is 10. The van der Waals surface area contributed by atoms with E-state index in [1.54, 1.807) is 80.6 Å². The first kappa shape index (κ1) is 103. The van der Waals surface area contributed by atoms with Gasteiger partial charge in [-0.15, -0.1) is 11.8 Å². The Bertz CT molecular complexity index is 4710. The first-order valence-corrected chi connectivity index (χ1v) is 44.3. The zero-order valence-electron chi connectivity index (χ0n) is 74.2. The molecule has 2 fully saturated rings. The van der Waals surface area contributed by atoms with Gasteiger partial charge in [0.15, 0.2) is 0 Å². The lowest BCUT2D eigenvalue weighted by Crippen LogP contribution is -2.61. The van der Waals surface area contributed by atoms with Gasteiger partial charge >= 0.3 is 5.97 Å². The number of hydrogen-bond acceptors (Lipinski definition) is 21. The van der Waals surface area contributed by atoms with E-state index in [4.69, 9.17) is 17.2 Å². The maximum Gasteiger partial charge on any atom is 0.303 e. The molecule has 16 amide bonds. The molecular weight excluding hydrogens is 1680 g/mol. The molecule has 0 aromatic heterocycles. The normalized spacial score (nSPS) is 16.6. The third kappa shape index (κ3) is 31.6. The Kier molecular flexibility index (Phi) is 40.7. The summed E-state index contributed by atoms with van der Waals surface area (Å²) in [5, 5.41) is 56.5. The number of nitrogens with two attached hydrogens (primary N) is 3. The van der Waals surface area contributed by atoms with Crippen LogP contribution in [0, 0.1) is 5.92 Å². The number of carbonyl (C=O) groups excluding carboxylic acids is 16. The van der Waals surface area contributed by atoms with Gasteiger partial charge in [-0.1, -0.05) is 153 Å². The third-order valence-electron chi connectivity index (χ3n) is 22.5. The van der Waals surface area contributed by atoms with Crippen LogP contribution in [0.1, 0.15) is 129 Å². The van der Waals surface area contributed by atoms with Gasteiger partial charge in [-0.2, -0.15) is 0 Å². The first-order valence-electron chi connectivity index (χ1n) is 43.2. The van der Waals surface area contributed by atoms with Crippen molar-refractivity contribution in [2.24, 2.45) is 23.1 Å². The number of aliphatic hydroxyl groups is 2. The summed E-state index contributed by atoms with van der Waals surface area (Å²) in [5.41, 5.74) is 22.0. The summed E-state index contributed by atoms with van der Waals surface area (Å²) >= 11 is 0.830. The molecule has 15 atom stereocenters. The number of amides is 16. The highest BCUT2D eigenvalue weighted by Crippen LogP contribution is 2.26. The number of thioether (sulfide) groups is 1. The number of likely N-dealkylation sites (N-methyl/N-ethyl adjacent to an activating group) is 2. The summed E-state index contributed by atoms with van der Waals surface area (Å²) in [6.07, 6.45) is -2.50. The number of carboxylic acids is 1. The predicted molar refractivity (Wildman–Crippen MR) is 480 cm³/mol. The van der Waals surface area contributed by atoms with E-state index in [1.807, 2.05) is 72.8 Å². The Morgan fingerprint density at radius 3 is 1.41 bits per heavy atom. The summed E-state index contributed by atoms with van der Waals surface area (Å²) in [6.45, 7) is 9.70. The number of benzene rings is 5. The fourth-order valence-corrected chi connectivity index (χ4v) is 15.7. The monoisotopic (exact) mass is 1810 g/mol. The number of aliphatic hydroxyl groups excluding tert-OH is 2. The highest BCUT2D eigenvalue weighted by Gasteiger charge is 2.43. The number of aliphatic carboxylic acids is 1. The van der Waals surface area contributed by atoms with Crippen molar-refractivity contribution in [2.75, 3.05) is 51.8 Å². The lowest BCUT2D eigenvalue weighted by molar-refractivity contribution is -0.145. The number of carbonyl (C=O) groups is 17. The highest BCUT2D eigenvalue weighted by atomic mass is 32.2.